The van der Waals surface area contributed by atoms with E-state index in [4.69, 9.17) is 5.84 Å². The molecule has 4 heteroatoms. The van der Waals surface area contributed by atoms with Gasteiger partial charge in [0.2, 0.25) is 0 Å². The number of hydrogen-bond donors (Lipinski definition) is 2. The van der Waals surface area contributed by atoms with Crippen molar-refractivity contribution in [1.82, 2.24) is 10.4 Å². The molecule has 0 amide bonds. The SMILES string of the molecule is CCCC(NN)c1cncc(F)c1. The molecule has 3 nitrogen and oxygen atoms in total. The van der Waals surface area contributed by atoms with Gasteiger partial charge in [-0.2, -0.15) is 0 Å². The summed E-state index contributed by atoms with van der Waals surface area (Å²) < 4.78 is 12.8. The first-order valence-electron chi connectivity index (χ1n) is 4.34. The zero-order valence-electron chi connectivity index (χ0n) is 7.63. The van der Waals surface area contributed by atoms with E-state index in [2.05, 4.69) is 17.3 Å². The molecule has 13 heavy (non-hydrogen) atoms. The van der Waals surface area contributed by atoms with Crippen LogP contribution in [0, 0.1) is 5.82 Å². The number of hydrogen-bond acceptors (Lipinski definition) is 3. The van der Waals surface area contributed by atoms with Gasteiger partial charge in [0.25, 0.3) is 0 Å². The van der Waals surface area contributed by atoms with Crippen LogP contribution in [0.5, 0.6) is 0 Å². The Hall–Kier alpha value is -1.00. The molecule has 0 aliphatic rings. The van der Waals surface area contributed by atoms with Gasteiger partial charge in [-0.05, 0) is 18.1 Å². The van der Waals surface area contributed by atoms with Gasteiger partial charge in [0.1, 0.15) is 5.82 Å². The van der Waals surface area contributed by atoms with E-state index < -0.39 is 0 Å². The minimum Gasteiger partial charge on any atom is -0.271 e. The van der Waals surface area contributed by atoms with Gasteiger partial charge in [0, 0.05) is 12.2 Å². The lowest BCUT2D eigenvalue weighted by Crippen LogP contribution is -2.28. The van der Waals surface area contributed by atoms with Gasteiger partial charge in [0.15, 0.2) is 0 Å². The largest absolute Gasteiger partial charge is 0.271 e. The van der Waals surface area contributed by atoms with E-state index in [-0.39, 0.29) is 11.9 Å². The number of nitrogens with one attached hydrogen (secondary N) is 1. The molecule has 0 bridgehead atoms. The molecule has 1 atom stereocenters. The van der Waals surface area contributed by atoms with Crippen LogP contribution in [0.2, 0.25) is 0 Å². The Morgan fingerprint density at radius 3 is 2.92 bits per heavy atom. The number of nitrogens with zero attached hydrogens (tertiary/aromatic N) is 1. The van der Waals surface area contributed by atoms with Gasteiger partial charge in [-0.15, -0.1) is 0 Å². The molecule has 1 unspecified atom stereocenters. The molecule has 0 aliphatic carbocycles. The summed E-state index contributed by atoms with van der Waals surface area (Å²) in [4.78, 5) is 3.76. The number of rotatable bonds is 4. The quantitative estimate of drug-likeness (QED) is 0.549. The number of hydrazine groups is 1. The average Bonchev–Trinajstić information content (AvgIpc) is 2.14. The molecule has 72 valence electrons. The molecule has 0 saturated carbocycles. The van der Waals surface area contributed by atoms with Crippen LogP contribution in [0.3, 0.4) is 0 Å². The van der Waals surface area contributed by atoms with Gasteiger partial charge < -0.3 is 0 Å². The highest BCUT2D eigenvalue weighted by molar-refractivity contribution is 5.14. The van der Waals surface area contributed by atoms with E-state index >= 15 is 0 Å². The molecule has 0 aliphatic heterocycles. The van der Waals surface area contributed by atoms with Crippen molar-refractivity contribution in [2.75, 3.05) is 0 Å². The Labute approximate surface area is 77.1 Å². The third kappa shape index (κ3) is 2.75. The van der Waals surface area contributed by atoms with Crippen LogP contribution < -0.4 is 11.3 Å². The topological polar surface area (TPSA) is 50.9 Å². The fourth-order valence-corrected chi connectivity index (χ4v) is 1.25. The first-order chi connectivity index (χ1) is 6.27. The van der Waals surface area contributed by atoms with E-state index in [1.165, 1.54) is 12.3 Å². The first-order valence-corrected chi connectivity index (χ1v) is 4.34. The molecule has 0 radical (unpaired) electrons. The summed E-state index contributed by atoms with van der Waals surface area (Å²) in [5, 5.41) is 0. The molecule has 1 heterocycles. The maximum atomic E-state index is 12.8. The maximum Gasteiger partial charge on any atom is 0.141 e. The van der Waals surface area contributed by atoms with E-state index in [0.29, 0.717) is 0 Å². The summed E-state index contributed by atoms with van der Waals surface area (Å²) in [5.41, 5.74) is 3.44. The average molecular weight is 183 g/mol. The maximum absolute atomic E-state index is 12.8. The van der Waals surface area contributed by atoms with E-state index in [1.807, 2.05) is 0 Å². The van der Waals surface area contributed by atoms with E-state index in [1.54, 1.807) is 6.20 Å². The van der Waals surface area contributed by atoms with Crippen LogP contribution in [-0.2, 0) is 0 Å². The summed E-state index contributed by atoms with van der Waals surface area (Å²) >= 11 is 0. The van der Waals surface area contributed by atoms with E-state index in [9.17, 15) is 4.39 Å². The third-order valence-electron chi connectivity index (χ3n) is 1.91. The summed E-state index contributed by atoms with van der Waals surface area (Å²) in [6.45, 7) is 2.05. The lowest BCUT2D eigenvalue weighted by molar-refractivity contribution is 0.503. The Bertz CT molecular complexity index is 265. The third-order valence-corrected chi connectivity index (χ3v) is 1.91. The lowest BCUT2D eigenvalue weighted by atomic mass is 10.1. The van der Waals surface area contributed by atoms with Gasteiger partial charge in [0.05, 0.1) is 6.20 Å². The summed E-state index contributed by atoms with van der Waals surface area (Å²) in [6, 6.07) is 1.45. The molecule has 0 fully saturated rings. The van der Waals surface area contributed by atoms with Crippen molar-refractivity contribution >= 4 is 0 Å². The van der Waals surface area contributed by atoms with Crippen LogP contribution in [0.4, 0.5) is 4.39 Å². The molecule has 0 aromatic carbocycles. The van der Waals surface area contributed by atoms with Gasteiger partial charge in [-0.3, -0.25) is 16.3 Å². The van der Waals surface area contributed by atoms with Crippen molar-refractivity contribution in [3.63, 3.8) is 0 Å². The highest BCUT2D eigenvalue weighted by Crippen LogP contribution is 2.16. The second-order valence-corrected chi connectivity index (χ2v) is 2.94. The molecule has 0 spiro atoms. The zero-order valence-corrected chi connectivity index (χ0v) is 7.63. The molecular formula is C9H14FN3. The van der Waals surface area contributed by atoms with Crippen LogP contribution in [0.15, 0.2) is 18.5 Å². The zero-order chi connectivity index (χ0) is 9.68. The van der Waals surface area contributed by atoms with Crippen LogP contribution >= 0.6 is 0 Å². The second kappa shape index (κ2) is 4.89. The Morgan fingerprint density at radius 1 is 1.62 bits per heavy atom. The van der Waals surface area contributed by atoms with Crippen molar-refractivity contribution in [3.8, 4) is 0 Å². The summed E-state index contributed by atoms with van der Waals surface area (Å²) in [5.74, 6) is 5.02. The van der Waals surface area contributed by atoms with E-state index in [0.717, 1.165) is 18.4 Å². The standard InChI is InChI=1S/C9H14FN3/c1-2-3-9(13-11)7-4-8(10)6-12-5-7/h4-6,9,13H,2-3,11H2,1H3. The highest BCUT2D eigenvalue weighted by Gasteiger charge is 2.08. The number of halogens is 1. The van der Waals surface area contributed by atoms with Crippen molar-refractivity contribution < 1.29 is 4.39 Å². The van der Waals surface area contributed by atoms with Crippen LogP contribution in [-0.4, -0.2) is 4.98 Å². The van der Waals surface area contributed by atoms with Crippen LogP contribution in [0.25, 0.3) is 0 Å². The monoisotopic (exact) mass is 183 g/mol. The van der Waals surface area contributed by atoms with Crippen molar-refractivity contribution in [1.29, 1.82) is 0 Å². The Kier molecular flexibility index (Phi) is 3.79. The minimum absolute atomic E-state index is 0.00630. The summed E-state index contributed by atoms with van der Waals surface area (Å²) in [7, 11) is 0. The number of nitrogens with two attached hydrogens (primary N) is 1. The number of pyridine rings is 1. The van der Waals surface area contributed by atoms with Crippen LogP contribution in [0.1, 0.15) is 31.4 Å². The van der Waals surface area contributed by atoms with Gasteiger partial charge >= 0.3 is 0 Å². The second-order valence-electron chi connectivity index (χ2n) is 2.94. The number of aromatic nitrogens is 1. The fraction of sp³-hybridized carbons (Fsp3) is 0.444. The predicted molar refractivity (Wildman–Crippen MR) is 49.2 cm³/mol. The predicted octanol–water partition coefficient (Wildman–Crippen LogP) is 1.53. The first kappa shape index (κ1) is 10.1. The van der Waals surface area contributed by atoms with Crippen molar-refractivity contribution in [3.05, 3.63) is 29.8 Å². The van der Waals surface area contributed by atoms with Crippen molar-refractivity contribution in [2.45, 2.75) is 25.8 Å². The highest BCUT2D eigenvalue weighted by atomic mass is 19.1. The molecule has 1 aromatic rings. The Morgan fingerprint density at radius 2 is 2.38 bits per heavy atom. The molecule has 3 N–H and O–H groups in total. The van der Waals surface area contributed by atoms with Gasteiger partial charge in [-0.25, -0.2) is 4.39 Å². The lowest BCUT2D eigenvalue weighted by Gasteiger charge is -2.14. The smallest absolute Gasteiger partial charge is 0.141 e. The molecule has 0 saturated heterocycles. The van der Waals surface area contributed by atoms with Gasteiger partial charge in [-0.1, -0.05) is 13.3 Å². The van der Waals surface area contributed by atoms with Crippen molar-refractivity contribution in [2.24, 2.45) is 5.84 Å². The fourth-order valence-electron chi connectivity index (χ4n) is 1.25. The molecular weight excluding hydrogens is 169 g/mol. The summed E-state index contributed by atoms with van der Waals surface area (Å²) in [6.07, 6.45) is 4.68. The normalized spacial score (nSPS) is 12.8. The molecule has 1 rings (SSSR count). The molecule has 1 aromatic heterocycles. The Balaban J connectivity index is 2.78. The minimum atomic E-state index is -0.325.